The molecule has 1 aromatic rings. The lowest BCUT2D eigenvalue weighted by Crippen LogP contribution is -2.39. The van der Waals surface area contributed by atoms with Crippen LogP contribution in [0.2, 0.25) is 0 Å². The Hall–Kier alpha value is -0.420. The molecule has 2 heterocycles. The first-order chi connectivity index (χ1) is 13.8. The van der Waals surface area contributed by atoms with Gasteiger partial charge in [-0.3, -0.25) is 9.89 Å². The van der Waals surface area contributed by atoms with Gasteiger partial charge in [-0.15, -0.1) is 24.0 Å². The molecule has 0 spiro atoms. The van der Waals surface area contributed by atoms with Crippen molar-refractivity contribution in [3.63, 3.8) is 0 Å². The highest BCUT2D eigenvalue weighted by Crippen LogP contribution is 2.23. The van der Waals surface area contributed by atoms with Gasteiger partial charge in [0, 0.05) is 26.3 Å². The van der Waals surface area contributed by atoms with E-state index in [9.17, 15) is 0 Å². The average molecular weight is 539 g/mol. The van der Waals surface area contributed by atoms with Crippen molar-refractivity contribution in [2.75, 3.05) is 52.5 Å². The average Bonchev–Trinajstić information content (AvgIpc) is 3.41. The lowest BCUT2D eigenvalue weighted by molar-refractivity contribution is 0.0168. The lowest BCUT2D eigenvalue weighted by atomic mass is 10.1. The summed E-state index contributed by atoms with van der Waals surface area (Å²) in [6.45, 7) is 13.4. The van der Waals surface area contributed by atoms with E-state index in [0.29, 0.717) is 12.1 Å². The van der Waals surface area contributed by atoms with Crippen LogP contribution in [0.3, 0.4) is 0 Å². The number of nitrogens with one attached hydrogen (secondary N) is 2. The van der Waals surface area contributed by atoms with E-state index in [1.165, 1.54) is 5.56 Å². The lowest BCUT2D eigenvalue weighted by Gasteiger charge is -2.28. The van der Waals surface area contributed by atoms with Gasteiger partial charge in [-0.1, -0.05) is 13.8 Å². The fourth-order valence-electron chi connectivity index (χ4n) is 3.45. The van der Waals surface area contributed by atoms with Crippen LogP contribution in [0.4, 0.5) is 0 Å². The standard InChI is InChI=1S/C21H38N4O2S.HI/c1-4-22-21(23-11-8-12-26-16-19-9-7-13-27-19)24-15-20(25(5-2)6-3)18-10-14-28-17-18;/h10,14,17,19-20H,4-9,11-13,15-16H2,1-3H3,(H2,22,23,24);1H. The highest BCUT2D eigenvalue weighted by atomic mass is 127. The summed E-state index contributed by atoms with van der Waals surface area (Å²) < 4.78 is 11.3. The number of halogens is 1. The van der Waals surface area contributed by atoms with E-state index in [2.05, 4.69) is 53.1 Å². The second kappa shape index (κ2) is 16.3. The summed E-state index contributed by atoms with van der Waals surface area (Å²) >= 11 is 1.75. The molecule has 168 valence electrons. The summed E-state index contributed by atoms with van der Waals surface area (Å²) in [6.07, 6.45) is 3.56. The van der Waals surface area contributed by atoms with Crippen LogP contribution in [0.15, 0.2) is 21.8 Å². The Labute approximate surface area is 197 Å². The molecule has 0 aromatic carbocycles. The van der Waals surface area contributed by atoms with Crippen LogP contribution in [0.25, 0.3) is 0 Å². The number of ether oxygens (including phenoxy) is 2. The predicted molar refractivity (Wildman–Crippen MR) is 134 cm³/mol. The molecule has 2 rings (SSSR count). The first kappa shape index (κ1) is 26.6. The van der Waals surface area contributed by atoms with Crippen molar-refractivity contribution in [2.24, 2.45) is 4.99 Å². The van der Waals surface area contributed by atoms with Crippen LogP contribution >= 0.6 is 35.3 Å². The normalized spacial score (nSPS) is 17.9. The molecule has 0 saturated carbocycles. The van der Waals surface area contributed by atoms with Crippen molar-refractivity contribution < 1.29 is 9.47 Å². The highest BCUT2D eigenvalue weighted by molar-refractivity contribution is 14.0. The Morgan fingerprint density at radius 2 is 2.17 bits per heavy atom. The van der Waals surface area contributed by atoms with Gasteiger partial charge in [0.2, 0.25) is 0 Å². The fraction of sp³-hybridized carbons (Fsp3) is 0.762. The molecule has 1 fully saturated rings. The van der Waals surface area contributed by atoms with Crippen LogP contribution in [-0.4, -0.2) is 69.5 Å². The number of hydrogen-bond acceptors (Lipinski definition) is 5. The topological polar surface area (TPSA) is 58.1 Å². The number of nitrogens with zero attached hydrogens (tertiary/aromatic N) is 2. The van der Waals surface area contributed by atoms with Crippen LogP contribution < -0.4 is 10.6 Å². The molecule has 0 radical (unpaired) electrons. The minimum absolute atomic E-state index is 0. The Balaban J connectivity index is 0.00000420. The number of hydrogen-bond donors (Lipinski definition) is 2. The summed E-state index contributed by atoms with van der Waals surface area (Å²) in [4.78, 5) is 7.33. The monoisotopic (exact) mass is 538 g/mol. The molecule has 2 atom stereocenters. The largest absolute Gasteiger partial charge is 0.379 e. The summed E-state index contributed by atoms with van der Waals surface area (Å²) in [5, 5.41) is 11.2. The second-order valence-electron chi connectivity index (χ2n) is 7.00. The SMILES string of the molecule is CCNC(=NCC(c1ccsc1)N(CC)CC)NCCCOCC1CCCO1.I. The van der Waals surface area contributed by atoms with Gasteiger partial charge in [-0.05, 0) is 61.7 Å². The maximum atomic E-state index is 5.74. The Bertz CT molecular complexity index is 535. The summed E-state index contributed by atoms with van der Waals surface area (Å²) in [6, 6.07) is 2.54. The zero-order valence-corrected chi connectivity index (χ0v) is 21.3. The zero-order valence-electron chi connectivity index (χ0n) is 18.2. The van der Waals surface area contributed by atoms with Crippen LogP contribution in [-0.2, 0) is 9.47 Å². The Morgan fingerprint density at radius 1 is 1.34 bits per heavy atom. The molecular formula is C21H39IN4O2S. The molecule has 2 unspecified atom stereocenters. The van der Waals surface area contributed by atoms with Crippen molar-refractivity contribution in [3.05, 3.63) is 22.4 Å². The van der Waals surface area contributed by atoms with Crippen molar-refractivity contribution in [3.8, 4) is 0 Å². The Kier molecular flexibility index (Phi) is 15.0. The Morgan fingerprint density at radius 3 is 2.79 bits per heavy atom. The summed E-state index contributed by atoms with van der Waals surface area (Å²) in [5.41, 5.74) is 1.36. The van der Waals surface area contributed by atoms with Crippen LogP contribution in [0.1, 0.15) is 51.6 Å². The highest BCUT2D eigenvalue weighted by Gasteiger charge is 2.18. The van der Waals surface area contributed by atoms with Gasteiger partial charge in [0.25, 0.3) is 0 Å². The molecular weight excluding hydrogens is 499 g/mol. The number of likely N-dealkylation sites (N-methyl/N-ethyl adjacent to an activating group) is 1. The third kappa shape index (κ3) is 9.95. The molecule has 6 nitrogen and oxygen atoms in total. The van der Waals surface area contributed by atoms with Gasteiger partial charge < -0.3 is 20.1 Å². The van der Waals surface area contributed by atoms with E-state index in [4.69, 9.17) is 14.5 Å². The quantitative estimate of drug-likeness (QED) is 0.173. The van der Waals surface area contributed by atoms with E-state index in [1.54, 1.807) is 11.3 Å². The van der Waals surface area contributed by atoms with Crippen molar-refractivity contribution in [1.29, 1.82) is 0 Å². The first-order valence-electron chi connectivity index (χ1n) is 10.8. The van der Waals surface area contributed by atoms with Gasteiger partial charge in [0.05, 0.1) is 25.3 Å². The molecule has 1 aliphatic heterocycles. The molecule has 1 aromatic heterocycles. The third-order valence-corrected chi connectivity index (χ3v) is 5.73. The summed E-state index contributed by atoms with van der Waals surface area (Å²) in [5.74, 6) is 0.883. The van der Waals surface area contributed by atoms with E-state index < -0.39 is 0 Å². The van der Waals surface area contributed by atoms with E-state index >= 15 is 0 Å². The van der Waals surface area contributed by atoms with Gasteiger partial charge in [0.1, 0.15) is 0 Å². The number of thiophene rings is 1. The summed E-state index contributed by atoms with van der Waals surface area (Å²) in [7, 11) is 0. The number of aliphatic imine (C=N–C) groups is 1. The third-order valence-electron chi connectivity index (χ3n) is 5.03. The van der Waals surface area contributed by atoms with Gasteiger partial charge in [0.15, 0.2) is 5.96 Å². The smallest absolute Gasteiger partial charge is 0.191 e. The molecule has 2 N–H and O–H groups in total. The maximum absolute atomic E-state index is 5.74. The van der Waals surface area contributed by atoms with Gasteiger partial charge >= 0.3 is 0 Å². The van der Waals surface area contributed by atoms with Gasteiger partial charge in [-0.2, -0.15) is 11.3 Å². The number of guanidine groups is 1. The van der Waals surface area contributed by atoms with Crippen LogP contribution in [0.5, 0.6) is 0 Å². The van der Waals surface area contributed by atoms with E-state index in [-0.39, 0.29) is 24.0 Å². The molecule has 1 aliphatic rings. The minimum Gasteiger partial charge on any atom is -0.379 e. The molecule has 1 saturated heterocycles. The molecule has 8 heteroatoms. The molecule has 29 heavy (non-hydrogen) atoms. The molecule has 0 aliphatic carbocycles. The van der Waals surface area contributed by atoms with Gasteiger partial charge in [-0.25, -0.2) is 0 Å². The van der Waals surface area contributed by atoms with Crippen molar-refractivity contribution >= 4 is 41.3 Å². The van der Waals surface area contributed by atoms with E-state index in [1.807, 2.05) is 0 Å². The maximum Gasteiger partial charge on any atom is 0.191 e. The van der Waals surface area contributed by atoms with Crippen molar-refractivity contribution in [2.45, 2.75) is 52.2 Å². The van der Waals surface area contributed by atoms with Crippen LogP contribution in [0, 0.1) is 0 Å². The first-order valence-corrected chi connectivity index (χ1v) is 11.7. The molecule has 0 bridgehead atoms. The predicted octanol–water partition coefficient (Wildman–Crippen LogP) is 3.89. The van der Waals surface area contributed by atoms with E-state index in [0.717, 1.165) is 77.8 Å². The minimum atomic E-state index is 0. The fourth-order valence-corrected chi connectivity index (χ4v) is 4.16. The molecule has 0 amide bonds. The zero-order chi connectivity index (χ0) is 20.0. The second-order valence-corrected chi connectivity index (χ2v) is 7.78. The number of rotatable bonds is 13. The van der Waals surface area contributed by atoms with Crippen molar-refractivity contribution in [1.82, 2.24) is 15.5 Å².